The molecule has 2 heterocycles. The van der Waals surface area contributed by atoms with Gasteiger partial charge in [-0.05, 0) is 26.2 Å². The Morgan fingerprint density at radius 2 is 2.12 bits per heavy atom. The SMILES string of the molecule is CC1CNCC(COC(=O)N2CCCCC2)O1. The lowest BCUT2D eigenvalue weighted by atomic mass is 10.1. The van der Waals surface area contributed by atoms with E-state index in [4.69, 9.17) is 9.47 Å². The molecule has 2 rings (SSSR count). The van der Waals surface area contributed by atoms with Gasteiger partial charge in [0.15, 0.2) is 0 Å². The summed E-state index contributed by atoms with van der Waals surface area (Å²) < 4.78 is 11.0. The van der Waals surface area contributed by atoms with E-state index in [0.717, 1.165) is 39.0 Å². The zero-order valence-corrected chi connectivity index (χ0v) is 10.5. The maximum Gasteiger partial charge on any atom is 0.409 e. The van der Waals surface area contributed by atoms with Gasteiger partial charge in [0.2, 0.25) is 0 Å². The van der Waals surface area contributed by atoms with E-state index in [1.165, 1.54) is 6.42 Å². The third-order valence-electron chi connectivity index (χ3n) is 3.24. The summed E-state index contributed by atoms with van der Waals surface area (Å²) in [5.74, 6) is 0. The molecule has 2 atom stereocenters. The largest absolute Gasteiger partial charge is 0.447 e. The number of carbonyl (C=O) groups excluding carboxylic acids is 1. The quantitative estimate of drug-likeness (QED) is 0.784. The van der Waals surface area contributed by atoms with Crippen LogP contribution in [0.4, 0.5) is 4.79 Å². The fraction of sp³-hybridized carbons (Fsp3) is 0.917. The average Bonchev–Trinajstić information content (AvgIpc) is 2.37. The number of likely N-dealkylation sites (tertiary alicyclic amines) is 1. The van der Waals surface area contributed by atoms with Crippen LogP contribution in [0.2, 0.25) is 0 Å². The summed E-state index contributed by atoms with van der Waals surface area (Å²) in [6.07, 6.45) is 3.40. The van der Waals surface area contributed by atoms with Crippen molar-refractivity contribution in [2.45, 2.75) is 38.4 Å². The van der Waals surface area contributed by atoms with Crippen LogP contribution >= 0.6 is 0 Å². The predicted molar refractivity (Wildman–Crippen MR) is 64.0 cm³/mol. The molecule has 0 spiro atoms. The van der Waals surface area contributed by atoms with E-state index in [9.17, 15) is 4.79 Å². The van der Waals surface area contributed by atoms with E-state index in [1.807, 2.05) is 6.92 Å². The second-order valence-corrected chi connectivity index (χ2v) is 4.85. The smallest absolute Gasteiger partial charge is 0.409 e. The van der Waals surface area contributed by atoms with Gasteiger partial charge in [0, 0.05) is 26.2 Å². The summed E-state index contributed by atoms with van der Waals surface area (Å²) >= 11 is 0. The maximum atomic E-state index is 11.8. The van der Waals surface area contributed by atoms with Crippen molar-refractivity contribution in [2.75, 3.05) is 32.8 Å². The highest BCUT2D eigenvalue weighted by molar-refractivity contribution is 5.67. The molecule has 2 fully saturated rings. The number of hydrogen-bond donors (Lipinski definition) is 1. The average molecular weight is 242 g/mol. The molecule has 1 N–H and O–H groups in total. The van der Waals surface area contributed by atoms with Gasteiger partial charge in [0.1, 0.15) is 12.7 Å². The maximum absolute atomic E-state index is 11.8. The lowest BCUT2D eigenvalue weighted by Crippen LogP contribution is -2.46. The number of carbonyl (C=O) groups is 1. The molecule has 0 saturated carbocycles. The van der Waals surface area contributed by atoms with Crippen LogP contribution in [0.5, 0.6) is 0 Å². The van der Waals surface area contributed by atoms with Gasteiger partial charge < -0.3 is 19.7 Å². The second kappa shape index (κ2) is 6.21. The fourth-order valence-corrected chi connectivity index (χ4v) is 2.30. The molecule has 5 nitrogen and oxygen atoms in total. The molecule has 2 unspecified atom stereocenters. The topological polar surface area (TPSA) is 50.8 Å². The molecule has 2 saturated heterocycles. The minimum Gasteiger partial charge on any atom is -0.447 e. The minimum absolute atomic E-state index is 0.00695. The molecule has 0 aliphatic carbocycles. The zero-order valence-electron chi connectivity index (χ0n) is 10.5. The van der Waals surface area contributed by atoms with Crippen molar-refractivity contribution in [1.82, 2.24) is 10.2 Å². The van der Waals surface area contributed by atoms with Crippen LogP contribution in [0.25, 0.3) is 0 Å². The number of morpholine rings is 1. The lowest BCUT2D eigenvalue weighted by Gasteiger charge is -2.30. The normalized spacial score (nSPS) is 30.1. The molecular formula is C12H22N2O3. The first-order valence-electron chi connectivity index (χ1n) is 6.53. The number of rotatable bonds is 2. The van der Waals surface area contributed by atoms with E-state index in [0.29, 0.717) is 6.61 Å². The Morgan fingerprint density at radius 1 is 1.35 bits per heavy atom. The molecule has 2 aliphatic rings. The molecule has 0 aromatic carbocycles. The zero-order chi connectivity index (χ0) is 12.1. The highest BCUT2D eigenvalue weighted by atomic mass is 16.6. The number of piperidine rings is 1. The van der Waals surface area contributed by atoms with Crippen molar-refractivity contribution in [1.29, 1.82) is 0 Å². The summed E-state index contributed by atoms with van der Waals surface area (Å²) in [5, 5.41) is 3.26. The van der Waals surface area contributed by atoms with Gasteiger partial charge in [0.05, 0.1) is 6.10 Å². The van der Waals surface area contributed by atoms with Crippen LogP contribution in [0.3, 0.4) is 0 Å². The summed E-state index contributed by atoms with van der Waals surface area (Å²) in [6.45, 7) is 5.67. The molecule has 5 heteroatoms. The van der Waals surface area contributed by atoms with E-state index in [1.54, 1.807) is 4.90 Å². The van der Waals surface area contributed by atoms with Crippen molar-refractivity contribution in [3.05, 3.63) is 0 Å². The highest BCUT2D eigenvalue weighted by Crippen LogP contribution is 2.10. The first-order chi connectivity index (χ1) is 8.25. The summed E-state index contributed by atoms with van der Waals surface area (Å²) in [4.78, 5) is 13.5. The Hall–Kier alpha value is -0.810. The molecule has 0 aromatic heterocycles. The number of ether oxygens (including phenoxy) is 2. The van der Waals surface area contributed by atoms with E-state index >= 15 is 0 Å². The van der Waals surface area contributed by atoms with Gasteiger partial charge >= 0.3 is 6.09 Å². The predicted octanol–water partition coefficient (Wildman–Crippen LogP) is 0.986. The van der Waals surface area contributed by atoms with Crippen LogP contribution in [-0.4, -0.2) is 56.0 Å². The number of nitrogens with one attached hydrogen (secondary N) is 1. The van der Waals surface area contributed by atoms with Crippen molar-refractivity contribution in [2.24, 2.45) is 0 Å². The number of nitrogens with zero attached hydrogens (tertiary/aromatic N) is 1. The van der Waals surface area contributed by atoms with Gasteiger partial charge in [-0.15, -0.1) is 0 Å². The second-order valence-electron chi connectivity index (χ2n) is 4.85. The summed E-state index contributed by atoms with van der Waals surface area (Å²) in [7, 11) is 0. The number of amides is 1. The standard InChI is InChI=1S/C12H22N2O3/c1-10-7-13-8-11(17-10)9-16-12(15)14-5-3-2-4-6-14/h10-11,13H,2-9H2,1H3. The summed E-state index contributed by atoms with van der Waals surface area (Å²) in [5.41, 5.74) is 0. The van der Waals surface area contributed by atoms with Crippen LogP contribution in [0, 0.1) is 0 Å². The van der Waals surface area contributed by atoms with E-state index in [-0.39, 0.29) is 18.3 Å². The Morgan fingerprint density at radius 3 is 2.82 bits per heavy atom. The number of hydrogen-bond acceptors (Lipinski definition) is 4. The van der Waals surface area contributed by atoms with Crippen LogP contribution in [0.1, 0.15) is 26.2 Å². The van der Waals surface area contributed by atoms with Crippen molar-refractivity contribution >= 4 is 6.09 Å². The van der Waals surface area contributed by atoms with E-state index in [2.05, 4.69) is 5.32 Å². The summed E-state index contributed by atoms with van der Waals surface area (Å²) in [6, 6.07) is 0. The molecule has 0 bridgehead atoms. The van der Waals surface area contributed by atoms with Crippen LogP contribution < -0.4 is 5.32 Å². The molecule has 2 aliphatic heterocycles. The molecular weight excluding hydrogens is 220 g/mol. The van der Waals surface area contributed by atoms with Crippen molar-refractivity contribution < 1.29 is 14.3 Å². The Balaban J connectivity index is 1.68. The molecule has 1 amide bonds. The van der Waals surface area contributed by atoms with Crippen molar-refractivity contribution in [3.63, 3.8) is 0 Å². The minimum atomic E-state index is -0.188. The van der Waals surface area contributed by atoms with Crippen LogP contribution in [-0.2, 0) is 9.47 Å². The van der Waals surface area contributed by atoms with Gasteiger partial charge in [-0.25, -0.2) is 4.79 Å². The monoisotopic (exact) mass is 242 g/mol. The molecule has 17 heavy (non-hydrogen) atoms. The fourth-order valence-electron chi connectivity index (χ4n) is 2.30. The Kier molecular flexibility index (Phi) is 4.62. The van der Waals surface area contributed by atoms with E-state index < -0.39 is 0 Å². The Bertz CT molecular complexity index is 254. The van der Waals surface area contributed by atoms with Crippen LogP contribution in [0.15, 0.2) is 0 Å². The van der Waals surface area contributed by atoms with Crippen molar-refractivity contribution in [3.8, 4) is 0 Å². The first kappa shape index (κ1) is 12.6. The lowest BCUT2D eigenvalue weighted by molar-refractivity contribution is -0.0585. The molecule has 0 radical (unpaired) electrons. The third-order valence-corrected chi connectivity index (χ3v) is 3.24. The highest BCUT2D eigenvalue weighted by Gasteiger charge is 2.22. The Labute approximate surface area is 102 Å². The van der Waals surface area contributed by atoms with Gasteiger partial charge in [-0.1, -0.05) is 0 Å². The van der Waals surface area contributed by atoms with Gasteiger partial charge in [0.25, 0.3) is 0 Å². The molecule has 0 aromatic rings. The third kappa shape index (κ3) is 3.85. The molecule has 98 valence electrons. The van der Waals surface area contributed by atoms with Gasteiger partial charge in [-0.2, -0.15) is 0 Å². The first-order valence-corrected chi connectivity index (χ1v) is 6.53. The van der Waals surface area contributed by atoms with Gasteiger partial charge in [-0.3, -0.25) is 0 Å².